The van der Waals surface area contributed by atoms with Gasteiger partial charge in [-0.2, -0.15) is 0 Å². The van der Waals surface area contributed by atoms with Crippen LogP contribution in [0, 0.1) is 5.92 Å². The quantitative estimate of drug-likeness (QED) is 0.641. The van der Waals surface area contributed by atoms with Crippen molar-refractivity contribution >= 4 is 11.8 Å². The minimum atomic E-state index is -0.446. The summed E-state index contributed by atoms with van der Waals surface area (Å²) in [5, 5.41) is 0. The molecule has 28 heavy (non-hydrogen) atoms. The third-order valence-electron chi connectivity index (χ3n) is 3.97. The third kappa shape index (κ3) is 6.30. The number of para-hydroxylation sites is 2. The molecule has 150 valence electrons. The van der Waals surface area contributed by atoms with Crippen molar-refractivity contribution < 1.29 is 19.1 Å². The van der Waals surface area contributed by atoms with Gasteiger partial charge in [0.2, 0.25) is 0 Å². The Morgan fingerprint density at radius 2 is 1.29 bits per heavy atom. The summed E-state index contributed by atoms with van der Waals surface area (Å²) in [6, 6.07) is 13.9. The van der Waals surface area contributed by atoms with Crippen LogP contribution in [0.4, 0.5) is 0 Å². The molecule has 0 saturated heterocycles. The Balaban J connectivity index is 2.00. The largest absolute Gasteiger partial charge is 0.493 e. The summed E-state index contributed by atoms with van der Waals surface area (Å²) in [6.07, 6.45) is 1.72. The van der Waals surface area contributed by atoms with Gasteiger partial charge in [-0.15, -0.1) is 0 Å². The van der Waals surface area contributed by atoms with Crippen molar-refractivity contribution in [1.82, 2.24) is 10.9 Å². The van der Waals surface area contributed by atoms with Gasteiger partial charge in [0.1, 0.15) is 11.5 Å². The molecule has 0 aliphatic rings. The zero-order valence-electron chi connectivity index (χ0n) is 16.7. The van der Waals surface area contributed by atoms with E-state index in [4.69, 9.17) is 9.47 Å². The smallest absolute Gasteiger partial charge is 0.273 e. The number of carbonyl (C=O) groups is 2. The molecule has 0 bridgehead atoms. The fourth-order valence-electron chi connectivity index (χ4n) is 2.42. The molecule has 0 aromatic heterocycles. The van der Waals surface area contributed by atoms with Gasteiger partial charge in [-0.1, -0.05) is 45.0 Å². The number of hydrazine groups is 1. The lowest BCUT2D eigenvalue weighted by Gasteiger charge is -2.14. The molecular formula is C22H28N2O4. The highest BCUT2D eigenvalue weighted by atomic mass is 16.5. The van der Waals surface area contributed by atoms with Crippen molar-refractivity contribution in [2.24, 2.45) is 5.92 Å². The summed E-state index contributed by atoms with van der Waals surface area (Å²) in [4.78, 5) is 25.0. The van der Waals surface area contributed by atoms with E-state index < -0.39 is 11.8 Å². The number of hydrogen-bond acceptors (Lipinski definition) is 4. The SMILES string of the molecule is CCCOc1ccccc1C(=O)NNC(=O)c1ccccc1OCCC(C)C. The number of rotatable bonds is 9. The average Bonchev–Trinajstić information content (AvgIpc) is 2.70. The maximum atomic E-state index is 12.5. The van der Waals surface area contributed by atoms with Gasteiger partial charge >= 0.3 is 0 Å². The highest BCUT2D eigenvalue weighted by Gasteiger charge is 2.16. The van der Waals surface area contributed by atoms with Gasteiger partial charge in [-0.3, -0.25) is 20.4 Å². The van der Waals surface area contributed by atoms with Gasteiger partial charge in [0.15, 0.2) is 0 Å². The molecular weight excluding hydrogens is 356 g/mol. The van der Waals surface area contributed by atoms with Gasteiger partial charge in [-0.25, -0.2) is 0 Å². The molecule has 2 aromatic carbocycles. The molecule has 6 nitrogen and oxygen atoms in total. The zero-order chi connectivity index (χ0) is 20.4. The van der Waals surface area contributed by atoms with E-state index in [0.29, 0.717) is 41.8 Å². The topological polar surface area (TPSA) is 76.7 Å². The van der Waals surface area contributed by atoms with E-state index in [1.807, 2.05) is 6.92 Å². The number of hydrogen-bond donors (Lipinski definition) is 2. The van der Waals surface area contributed by atoms with Crippen molar-refractivity contribution in [2.45, 2.75) is 33.6 Å². The molecule has 2 N–H and O–H groups in total. The maximum absolute atomic E-state index is 12.5. The van der Waals surface area contributed by atoms with E-state index in [1.165, 1.54) is 0 Å². The molecule has 0 radical (unpaired) electrons. The van der Waals surface area contributed by atoms with E-state index in [2.05, 4.69) is 24.7 Å². The second-order valence-electron chi connectivity index (χ2n) is 6.78. The number of nitrogens with one attached hydrogen (secondary N) is 2. The Labute approximate surface area is 166 Å². The maximum Gasteiger partial charge on any atom is 0.273 e. The van der Waals surface area contributed by atoms with Crippen LogP contribution in [0.1, 0.15) is 54.3 Å². The van der Waals surface area contributed by atoms with Crippen molar-refractivity contribution in [3.8, 4) is 11.5 Å². The molecule has 2 aromatic rings. The Hall–Kier alpha value is -3.02. The first kappa shape index (κ1) is 21.3. The third-order valence-corrected chi connectivity index (χ3v) is 3.97. The van der Waals surface area contributed by atoms with Crippen LogP contribution >= 0.6 is 0 Å². The first-order valence-corrected chi connectivity index (χ1v) is 9.57. The van der Waals surface area contributed by atoms with E-state index in [0.717, 1.165) is 12.8 Å². The van der Waals surface area contributed by atoms with E-state index >= 15 is 0 Å². The second kappa shape index (κ2) is 11.0. The van der Waals surface area contributed by atoms with Gasteiger partial charge in [0, 0.05) is 0 Å². The molecule has 2 rings (SSSR count). The van der Waals surface area contributed by atoms with Crippen LogP contribution in [0.25, 0.3) is 0 Å². The van der Waals surface area contributed by atoms with E-state index in [1.54, 1.807) is 48.5 Å². The van der Waals surface area contributed by atoms with Crippen LogP contribution in [0.3, 0.4) is 0 Å². The summed E-state index contributed by atoms with van der Waals surface area (Å²) in [6.45, 7) is 7.25. The first-order chi connectivity index (χ1) is 13.5. The number of ether oxygens (including phenoxy) is 2. The Morgan fingerprint density at radius 3 is 1.75 bits per heavy atom. The lowest BCUT2D eigenvalue weighted by atomic mass is 10.1. The van der Waals surface area contributed by atoms with Gasteiger partial charge < -0.3 is 9.47 Å². The molecule has 2 amide bonds. The van der Waals surface area contributed by atoms with Crippen molar-refractivity contribution in [3.63, 3.8) is 0 Å². The van der Waals surface area contributed by atoms with Crippen LogP contribution in [0.2, 0.25) is 0 Å². The molecule has 0 spiro atoms. The first-order valence-electron chi connectivity index (χ1n) is 9.57. The fraction of sp³-hybridized carbons (Fsp3) is 0.364. The number of amides is 2. The Kier molecular flexibility index (Phi) is 8.34. The van der Waals surface area contributed by atoms with Crippen molar-refractivity contribution in [1.29, 1.82) is 0 Å². The highest BCUT2D eigenvalue weighted by Crippen LogP contribution is 2.19. The standard InChI is InChI=1S/C22H28N2O4/c1-4-14-27-19-11-7-5-9-17(19)21(25)23-24-22(26)18-10-6-8-12-20(18)28-15-13-16(2)3/h5-12,16H,4,13-15H2,1-3H3,(H,23,25)(H,24,26). The minimum Gasteiger partial charge on any atom is -0.493 e. The number of carbonyl (C=O) groups excluding carboxylic acids is 2. The van der Waals surface area contributed by atoms with Crippen LogP contribution in [0.5, 0.6) is 11.5 Å². The van der Waals surface area contributed by atoms with Crippen molar-refractivity contribution in [2.75, 3.05) is 13.2 Å². The van der Waals surface area contributed by atoms with E-state index in [-0.39, 0.29) is 0 Å². The minimum absolute atomic E-state index is 0.359. The molecule has 0 fully saturated rings. The molecule has 0 aliphatic heterocycles. The highest BCUT2D eigenvalue weighted by molar-refractivity contribution is 6.01. The van der Waals surface area contributed by atoms with Crippen molar-refractivity contribution in [3.05, 3.63) is 59.7 Å². The predicted octanol–water partition coefficient (Wildman–Crippen LogP) is 3.98. The van der Waals surface area contributed by atoms with Crippen LogP contribution in [0.15, 0.2) is 48.5 Å². The van der Waals surface area contributed by atoms with Crippen LogP contribution in [-0.2, 0) is 0 Å². The number of benzene rings is 2. The molecule has 0 heterocycles. The second-order valence-corrected chi connectivity index (χ2v) is 6.78. The van der Waals surface area contributed by atoms with Gasteiger partial charge in [0.25, 0.3) is 11.8 Å². The summed E-state index contributed by atoms with van der Waals surface area (Å²) < 4.78 is 11.3. The normalized spacial score (nSPS) is 10.4. The molecule has 0 aliphatic carbocycles. The lowest BCUT2D eigenvalue weighted by Crippen LogP contribution is -2.41. The fourth-order valence-corrected chi connectivity index (χ4v) is 2.42. The predicted molar refractivity (Wildman–Crippen MR) is 109 cm³/mol. The molecule has 6 heteroatoms. The monoisotopic (exact) mass is 384 g/mol. The Bertz CT molecular complexity index is 790. The summed E-state index contributed by atoms with van der Waals surface area (Å²) in [5.41, 5.74) is 5.61. The van der Waals surface area contributed by atoms with Crippen LogP contribution < -0.4 is 20.3 Å². The average molecular weight is 384 g/mol. The van der Waals surface area contributed by atoms with Gasteiger partial charge in [-0.05, 0) is 43.0 Å². The lowest BCUT2D eigenvalue weighted by molar-refractivity contribution is 0.0842. The summed E-state index contributed by atoms with van der Waals surface area (Å²) in [7, 11) is 0. The molecule has 0 saturated carbocycles. The zero-order valence-corrected chi connectivity index (χ0v) is 16.7. The summed E-state index contributed by atoms with van der Waals surface area (Å²) >= 11 is 0. The Morgan fingerprint density at radius 1 is 0.821 bits per heavy atom. The van der Waals surface area contributed by atoms with E-state index in [9.17, 15) is 9.59 Å². The van der Waals surface area contributed by atoms with Gasteiger partial charge in [0.05, 0.1) is 24.3 Å². The molecule has 0 atom stereocenters. The molecule has 0 unspecified atom stereocenters. The summed E-state index contributed by atoms with van der Waals surface area (Å²) in [5.74, 6) is 0.587. The van der Waals surface area contributed by atoms with Crippen LogP contribution in [-0.4, -0.2) is 25.0 Å².